The van der Waals surface area contributed by atoms with Crippen molar-refractivity contribution >= 4 is 27.5 Å². The number of nitrogens with two attached hydrogens (primary N) is 1. The fourth-order valence-electron chi connectivity index (χ4n) is 2.14. The van der Waals surface area contributed by atoms with Gasteiger partial charge in [-0.1, -0.05) is 31.2 Å². The van der Waals surface area contributed by atoms with Crippen molar-refractivity contribution in [3.05, 3.63) is 48.0 Å². The number of anilines is 1. The van der Waals surface area contributed by atoms with Gasteiger partial charge in [-0.3, -0.25) is 0 Å². The van der Waals surface area contributed by atoms with Crippen molar-refractivity contribution < 1.29 is 0 Å². The van der Waals surface area contributed by atoms with Gasteiger partial charge in [-0.2, -0.15) is 0 Å². The number of benzene rings is 2. The van der Waals surface area contributed by atoms with Gasteiger partial charge in [0.1, 0.15) is 0 Å². The zero-order valence-corrected chi connectivity index (χ0v) is 9.77. The van der Waals surface area contributed by atoms with Gasteiger partial charge >= 0.3 is 0 Å². The Balaban J connectivity index is 2.40. The zero-order valence-electron chi connectivity index (χ0n) is 9.77. The van der Waals surface area contributed by atoms with Gasteiger partial charge in [0.15, 0.2) is 0 Å². The zero-order chi connectivity index (χ0) is 11.8. The molecule has 0 atom stereocenters. The van der Waals surface area contributed by atoms with Crippen LogP contribution in [0.25, 0.3) is 21.8 Å². The molecule has 0 fully saturated rings. The first-order valence-corrected chi connectivity index (χ1v) is 5.86. The number of para-hydroxylation sites is 1. The van der Waals surface area contributed by atoms with E-state index in [0.29, 0.717) is 0 Å². The standard InChI is InChI=1S/C15H14N2/c1-2-10-6-7-11-9-12-4-3-5-13(16)15(12)17-14(11)8-10/h3-9H,2,16H2,1H3. The van der Waals surface area contributed by atoms with Crippen LogP contribution in [-0.2, 0) is 6.42 Å². The maximum atomic E-state index is 5.96. The molecule has 0 saturated carbocycles. The van der Waals surface area contributed by atoms with Crippen molar-refractivity contribution in [1.82, 2.24) is 4.98 Å². The van der Waals surface area contributed by atoms with Gasteiger partial charge in [-0.05, 0) is 30.2 Å². The van der Waals surface area contributed by atoms with E-state index < -0.39 is 0 Å². The van der Waals surface area contributed by atoms with Crippen LogP contribution in [0.3, 0.4) is 0 Å². The third-order valence-corrected chi connectivity index (χ3v) is 3.14. The number of fused-ring (bicyclic) bond motifs is 2. The van der Waals surface area contributed by atoms with Crippen molar-refractivity contribution in [3.63, 3.8) is 0 Å². The summed E-state index contributed by atoms with van der Waals surface area (Å²) in [7, 11) is 0. The number of rotatable bonds is 1. The van der Waals surface area contributed by atoms with Gasteiger partial charge in [0.25, 0.3) is 0 Å². The van der Waals surface area contributed by atoms with Gasteiger partial charge in [0.05, 0.1) is 16.7 Å². The second kappa shape index (κ2) is 3.74. The van der Waals surface area contributed by atoms with E-state index in [4.69, 9.17) is 5.73 Å². The quantitative estimate of drug-likeness (QED) is 0.505. The lowest BCUT2D eigenvalue weighted by Gasteiger charge is -2.05. The lowest BCUT2D eigenvalue weighted by atomic mass is 10.1. The number of hydrogen-bond donors (Lipinski definition) is 1. The van der Waals surface area contributed by atoms with Crippen LogP contribution in [0.1, 0.15) is 12.5 Å². The summed E-state index contributed by atoms with van der Waals surface area (Å²) in [6, 6.07) is 14.5. The number of aryl methyl sites for hydroxylation is 1. The van der Waals surface area contributed by atoms with E-state index in [1.807, 2.05) is 18.2 Å². The van der Waals surface area contributed by atoms with Crippen LogP contribution in [-0.4, -0.2) is 4.98 Å². The molecule has 2 N–H and O–H groups in total. The SMILES string of the molecule is CCc1ccc2cc3cccc(N)c3nc2c1. The monoisotopic (exact) mass is 222 g/mol. The van der Waals surface area contributed by atoms with Crippen LogP contribution in [0.2, 0.25) is 0 Å². The van der Waals surface area contributed by atoms with Crippen LogP contribution in [0.5, 0.6) is 0 Å². The Bertz CT molecular complexity index is 702. The Morgan fingerprint density at radius 2 is 1.94 bits per heavy atom. The Kier molecular flexibility index (Phi) is 2.22. The molecule has 0 aliphatic rings. The predicted molar refractivity (Wildman–Crippen MR) is 73.0 cm³/mol. The van der Waals surface area contributed by atoms with Crippen LogP contribution in [0.15, 0.2) is 42.5 Å². The number of nitrogen functional groups attached to an aromatic ring is 1. The lowest BCUT2D eigenvalue weighted by molar-refractivity contribution is 1.14. The summed E-state index contributed by atoms with van der Waals surface area (Å²) in [4.78, 5) is 4.66. The molecule has 2 nitrogen and oxygen atoms in total. The summed E-state index contributed by atoms with van der Waals surface area (Å²) in [5, 5.41) is 2.27. The Morgan fingerprint density at radius 1 is 1.06 bits per heavy atom. The first-order valence-electron chi connectivity index (χ1n) is 5.86. The minimum Gasteiger partial charge on any atom is -0.397 e. The molecule has 1 aromatic heterocycles. The van der Waals surface area contributed by atoms with Crippen LogP contribution < -0.4 is 5.73 Å². The largest absolute Gasteiger partial charge is 0.397 e. The molecule has 0 aliphatic carbocycles. The second-order valence-corrected chi connectivity index (χ2v) is 4.29. The highest BCUT2D eigenvalue weighted by Gasteiger charge is 2.02. The molecule has 2 heteroatoms. The number of aromatic nitrogens is 1. The Labute approximate surface area is 100 Å². The molecule has 0 bridgehead atoms. The maximum absolute atomic E-state index is 5.96. The predicted octanol–water partition coefficient (Wildman–Crippen LogP) is 3.53. The third kappa shape index (κ3) is 1.62. The van der Waals surface area contributed by atoms with Crippen LogP contribution in [0, 0.1) is 0 Å². The lowest BCUT2D eigenvalue weighted by Crippen LogP contribution is -1.91. The molecular formula is C15H14N2. The van der Waals surface area contributed by atoms with Crippen LogP contribution >= 0.6 is 0 Å². The van der Waals surface area contributed by atoms with Gasteiger partial charge in [0.2, 0.25) is 0 Å². The fraction of sp³-hybridized carbons (Fsp3) is 0.133. The Hall–Kier alpha value is -2.09. The van der Waals surface area contributed by atoms with E-state index in [9.17, 15) is 0 Å². The van der Waals surface area contributed by atoms with E-state index in [0.717, 1.165) is 28.5 Å². The van der Waals surface area contributed by atoms with Gasteiger partial charge in [-0.25, -0.2) is 4.98 Å². The number of nitrogens with zero attached hydrogens (tertiary/aromatic N) is 1. The summed E-state index contributed by atoms with van der Waals surface area (Å²) < 4.78 is 0. The summed E-state index contributed by atoms with van der Waals surface area (Å²) in [5.41, 5.74) is 9.92. The normalized spacial score (nSPS) is 11.1. The molecule has 17 heavy (non-hydrogen) atoms. The minimum absolute atomic E-state index is 0.742. The molecule has 0 radical (unpaired) electrons. The average molecular weight is 222 g/mol. The minimum atomic E-state index is 0.742. The van der Waals surface area contributed by atoms with Crippen LogP contribution in [0.4, 0.5) is 5.69 Å². The number of hydrogen-bond acceptors (Lipinski definition) is 2. The first-order chi connectivity index (χ1) is 8.28. The average Bonchev–Trinajstić information content (AvgIpc) is 2.37. The topological polar surface area (TPSA) is 38.9 Å². The van der Waals surface area contributed by atoms with Crippen molar-refractivity contribution in [2.24, 2.45) is 0 Å². The molecule has 0 unspecified atom stereocenters. The smallest absolute Gasteiger partial charge is 0.0938 e. The van der Waals surface area contributed by atoms with Gasteiger partial charge < -0.3 is 5.73 Å². The third-order valence-electron chi connectivity index (χ3n) is 3.14. The van der Waals surface area contributed by atoms with Crippen molar-refractivity contribution in [1.29, 1.82) is 0 Å². The van der Waals surface area contributed by atoms with Crippen molar-refractivity contribution in [2.45, 2.75) is 13.3 Å². The molecule has 84 valence electrons. The second-order valence-electron chi connectivity index (χ2n) is 4.29. The summed E-state index contributed by atoms with van der Waals surface area (Å²) in [6.07, 6.45) is 1.03. The summed E-state index contributed by atoms with van der Waals surface area (Å²) in [5.74, 6) is 0. The van der Waals surface area contributed by atoms with Crippen molar-refractivity contribution in [2.75, 3.05) is 5.73 Å². The molecule has 3 aromatic rings. The van der Waals surface area contributed by atoms with E-state index in [1.54, 1.807) is 0 Å². The van der Waals surface area contributed by atoms with E-state index >= 15 is 0 Å². The molecule has 0 aliphatic heterocycles. The van der Waals surface area contributed by atoms with E-state index in [1.165, 1.54) is 10.9 Å². The molecule has 0 saturated heterocycles. The molecular weight excluding hydrogens is 208 g/mol. The molecule has 1 heterocycles. The Morgan fingerprint density at radius 3 is 2.76 bits per heavy atom. The van der Waals surface area contributed by atoms with Gasteiger partial charge in [-0.15, -0.1) is 0 Å². The molecule has 0 spiro atoms. The van der Waals surface area contributed by atoms with E-state index in [-0.39, 0.29) is 0 Å². The highest BCUT2D eigenvalue weighted by molar-refractivity contribution is 5.97. The van der Waals surface area contributed by atoms with Crippen molar-refractivity contribution in [3.8, 4) is 0 Å². The fourth-order valence-corrected chi connectivity index (χ4v) is 2.14. The molecule has 2 aromatic carbocycles. The number of pyridine rings is 1. The highest BCUT2D eigenvalue weighted by Crippen LogP contribution is 2.24. The maximum Gasteiger partial charge on any atom is 0.0938 e. The van der Waals surface area contributed by atoms with E-state index in [2.05, 4.69) is 36.2 Å². The summed E-state index contributed by atoms with van der Waals surface area (Å²) >= 11 is 0. The molecule has 0 amide bonds. The van der Waals surface area contributed by atoms with Gasteiger partial charge in [0, 0.05) is 10.8 Å². The molecule has 3 rings (SSSR count). The summed E-state index contributed by atoms with van der Waals surface area (Å²) in [6.45, 7) is 2.15. The first kappa shape index (κ1) is 10.1. The highest BCUT2D eigenvalue weighted by atomic mass is 14.7.